The van der Waals surface area contributed by atoms with E-state index in [2.05, 4.69) is 4.74 Å². The Hall–Kier alpha value is -2.08. The Kier molecular flexibility index (Phi) is 3.45. The fourth-order valence-electron chi connectivity index (χ4n) is 0.944. The molecule has 0 atom stereocenters. The average Bonchev–Trinajstić information content (AvgIpc) is 2.26. The van der Waals surface area contributed by atoms with E-state index < -0.39 is 5.97 Å². The molecule has 0 saturated carbocycles. The molecule has 3 nitrogen and oxygen atoms in total. The summed E-state index contributed by atoms with van der Waals surface area (Å²) in [6, 6.07) is 8.98. The molecule has 0 amide bonds. The summed E-state index contributed by atoms with van der Waals surface area (Å²) in [6.07, 6.45) is 2.92. The fraction of sp³-hybridized carbons (Fsp3) is 0.0909. The molecule has 0 radical (unpaired) electrons. The quantitative estimate of drug-likeness (QED) is 0.523. The number of ether oxygens (including phenoxy) is 1. The maximum atomic E-state index is 10.8. The largest absolute Gasteiger partial charge is 0.466 e. The Morgan fingerprint density at radius 3 is 3.00 bits per heavy atom. The zero-order valence-electron chi connectivity index (χ0n) is 7.73. The van der Waals surface area contributed by atoms with Gasteiger partial charge in [-0.05, 0) is 23.8 Å². The number of esters is 1. The van der Waals surface area contributed by atoms with Crippen LogP contribution in [0.25, 0.3) is 6.08 Å². The summed E-state index contributed by atoms with van der Waals surface area (Å²) < 4.78 is 4.44. The molecule has 0 N–H and O–H groups in total. The SMILES string of the molecule is COC(=O)/C=C\c1cccc(C#N)c1. The number of rotatable bonds is 2. The van der Waals surface area contributed by atoms with Gasteiger partial charge >= 0.3 is 5.97 Å². The molecule has 1 rings (SSSR count). The van der Waals surface area contributed by atoms with E-state index in [-0.39, 0.29) is 0 Å². The third-order valence-electron chi connectivity index (χ3n) is 1.63. The van der Waals surface area contributed by atoms with E-state index in [9.17, 15) is 4.79 Å². The predicted octanol–water partition coefficient (Wildman–Crippen LogP) is 1.74. The zero-order valence-corrected chi connectivity index (χ0v) is 7.73. The molecule has 1 aromatic carbocycles. The summed E-state index contributed by atoms with van der Waals surface area (Å²) >= 11 is 0. The van der Waals surface area contributed by atoms with Gasteiger partial charge in [-0.25, -0.2) is 4.79 Å². The van der Waals surface area contributed by atoms with Gasteiger partial charge in [0.05, 0.1) is 18.7 Å². The van der Waals surface area contributed by atoms with Crippen LogP contribution < -0.4 is 0 Å². The second-order valence-electron chi connectivity index (χ2n) is 2.59. The molecule has 0 bridgehead atoms. The Labute approximate surface area is 82.2 Å². The number of nitriles is 1. The number of methoxy groups -OCH3 is 1. The summed E-state index contributed by atoms with van der Waals surface area (Å²) in [5.74, 6) is -0.410. The molecule has 0 aliphatic carbocycles. The summed E-state index contributed by atoms with van der Waals surface area (Å²) in [5.41, 5.74) is 1.37. The van der Waals surface area contributed by atoms with Gasteiger partial charge in [-0.1, -0.05) is 12.1 Å². The minimum absolute atomic E-state index is 0.410. The Morgan fingerprint density at radius 2 is 2.36 bits per heavy atom. The predicted molar refractivity (Wildman–Crippen MR) is 52.2 cm³/mol. The number of carbonyl (C=O) groups excluding carboxylic acids is 1. The summed E-state index contributed by atoms with van der Waals surface area (Å²) in [7, 11) is 1.32. The normalized spacial score (nSPS) is 9.71. The minimum Gasteiger partial charge on any atom is -0.466 e. The molecular formula is C11H9NO2. The molecule has 1 aromatic rings. The van der Waals surface area contributed by atoms with Crippen molar-refractivity contribution >= 4 is 12.0 Å². The second-order valence-corrected chi connectivity index (χ2v) is 2.59. The van der Waals surface area contributed by atoms with E-state index in [4.69, 9.17) is 5.26 Å². The van der Waals surface area contributed by atoms with Crippen molar-refractivity contribution in [3.63, 3.8) is 0 Å². The van der Waals surface area contributed by atoms with Crippen molar-refractivity contribution in [2.75, 3.05) is 7.11 Å². The van der Waals surface area contributed by atoms with Gasteiger partial charge in [0.2, 0.25) is 0 Å². The van der Waals surface area contributed by atoms with E-state index in [1.807, 2.05) is 6.07 Å². The van der Waals surface area contributed by atoms with E-state index in [0.29, 0.717) is 5.56 Å². The standard InChI is InChI=1S/C11H9NO2/c1-14-11(13)6-5-9-3-2-4-10(7-9)8-12/h2-7H,1H3/b6-5-. The van der Waals surface area contributed by atoms with Crippen molar-refractivity contribution in [1.29, 1.82) is 5.26 Å². The number of carbonyl (C=O) groups is 1. The number of hydrogen-bond acceptors (Lipinski definition) is 3. The van der Waals surface area contributed by atoms with Crippen LogP contribution in [0.4, 0.5) is 0 Å². The first-order valence-corrected chi connectivity index (χ1v) is 4.02. The minimum atomic E-state index is -0.410. The number of hydrogen-bond donors (Lipinski definition) is 0. The van der Waals surface area contributed by atoms with Crippen LogP contribution in [0.15, 0.2) is 30.3 Å². The van der Waals surface area contributed by atoms with Crippen LogP contribution >= 0.6 is 0 Å². The van der Waals surface area contributed by atoms with Gasteiger partial charge < -0.3 is 4.74 Å². The van der Waals surface area contributed by atoms with Gasteiger partial charge in [0, 0.05) is 6.08 Å². The Bertz CT molecular complexity index is 402. The maximum Gasteiger partial charge on any atom is 0.330 e. The topological polar surface area (TPSA) is 50.1 Å². The molecule has 3 heteroatoms. The van der Waals surface area contributed by atoms with Crippen LogP contribution in [0.5, 0.6) is 0 Å². The lowest BCUT2D eigenvalue weighted by Crippen LogP contribution is -1.93. The first-order valence-electron chi connectivity index (χ1n) is 4.02. The number of nitrogens with zero attached hydrogens (tertiary/aromatic N) is 1. The molecule has 0 spiro atoms. The second kappa shape index (κ2) is 4.83. The highest BCUT2D eigenvalue weighted by atomic mass is 16.5. The molecule has 0 heterocycles. The van der Waals surface area contributed by atoms with Crippen molar-refractivity contribution < 1.29 is 9.53 Å². The first-order chi connectivity index (χ1) is 6.76. The highest BCUT2D eigenvalue weighted by Crippen LogP contribution is 2.05. The third-order valence-corrected chi connectivity index (χ3v) is 1.63. The van der Waals surface area contributed by atoms with Crippen LogP contribution in [0.2, 0.25) is 0 Å². The summed E-state index contributed by atoms with van der Waals surface area (Å²) in [4.78, 5) is 10.8. The van der Waals surface area contributed by atoms with Gasteiger partial charge in [0.15, 0.2) is 0 Å². The molecule has 0 saturated heterocycles. The molecule has 14 heavy (non-hydrogen) atoms. The Morgan fingerprint density at radius 1 is 1.57 bits per heavy atom. The highest BCUT2D eigenvalue weighted by Gasteiger charge is 1.93. The van der Waals surface area contributed by atoms with E-state index >= 15 is 0 Å². The van der Waals surface area contributed by atoms with Crippen molar-refractivity contribution in [1.82, 2.24) is 0 Å². The first kappa shape index (κ1) is 10.0. The van der Waals surface area contributed by atoms with Crippen LogP contribution in [-0.4, -0.2) is 13.1 Å². The van der Waals surface area contributed by atoms with Crippen LogP contribution in [-0.2, 0) is 9.53 Å². The lowest BCUT2D eigenvalue weighted by atomic mass is 10.1. The van der Waals surface area contributed by atoms with Gasteiger partial charge in [-0.15, -0.1) is 0 Å². The molecule has 0 unspecified atom stereocenters. The van der Waals surface area contributed by atoms with E-state index in [1.54, 1.807) is 30.3 Å². The van der Waals surface area contributed by atoms with E-state index in [1.165, 1.54) is 13.2 Å². The smallest absolute Gasteiger partial charge is 0.330 e. The van der Waals surface area contributed by atoms with Crippen molar-refractivity contribution in [2.45, 2.75) is 0 Å². The van der Waals surface area contributed by atoms with Crippen LogP contribution in [0.1, 0.15) is 11.1 Å². The van der Waals surface area contributed by atoms with Gasteiger partial charge in [-0.3, -0.25) is 0 Å². The monoisotopic (exact) mass is 187 g/mol. The van der Waals surface area contributed by atoms with E-state index in [0.717, 1.165) is 5.56 Å². The van der Waals surface area contributed by atoms with Gasteiger partial charge in [-0.2, -0.15) is 5.26 Å². The Balaban J connectivity index is 2.83. The lowest BCUT2D eigenvalue weighted by Gasteiger charge is -1.93. The van der Waals surface area contributed by atoms with Crippen molar-refractivity contribution in [3.05, 3.63) is 41.5 Å². The summed E-state index contributed by atoms with van der Waals surface area (Å²) in [6.45, 7) is 0. The molecule has 0 aliphatic heterocycles. The van der Waals surface area contributed by atoms with Crippen molar-refractivity contribution in [3.8, 4) is 6.07 Å². The number of benzene rings is 1. The third kappa shape index (κ3) is 2.76. The van der Waals surface area contributed by atoms with Crippen molar-refractivity contribution in [2.24, 2.45) is 0 Å². The zero-order chi connectivity index (χ0) is 10.4. The summed E-state index contributed by atoms with van der Waals surface area (Å²) in [5, 5.41) is 8.62. The maximum absolute atomic E-state index is 10.8. The highest BCUT2D eigenvalue weighted by molar-refractivity contribution is 5.86. The molecule has 0 fully saturated rings. The molecule has 0 aromatic heterocycles. The lowest BCUT2D eigenvalue weighted by molar-refractivity contribution is -0.134. The van der Waals surface area contributed by atoms with Gasteiger partial charge in [0.1, 0.15) is 0 Å². The molecule has 70 valence electrons. The van der Waals surface area contributed by atoms with Gasteiger partial charge in [0.25, 0.3) is 0 Å². The average molecular weight is 187 g/mol. The fourth-order valence-corrected chi connectivity index (χ4v) is 0.944. The van der Waals surface area contributed by atoms with Crippen LogP contribution in [0, 0.1) is 11.3 Å². The van der Waals surface area contributed by atoms with Crippen LogP contribution in [0.3, 0.4) is 0 Å². The molecule has 0 aliphatic rings. The molecular weight excluding hydrogens is 178 g/mol.